The van der Waals surface area contributed by atoms with Gasteiger partial charge in [-0.05, 0) is 54.1 Å². The van der Waals surface area contributed by atoms with Crippen LogP contribution in [0.1, 0.15) is 5.56 Å². The second kappa shape index (κ2) is 6.57. The van der Waals surface area contributed by atoms with Crippen LogP contribution >= 0.6 is 22.4 Å². The van der Waals surface area contributed by atoms with Crippen molar-refractivity contribution >= 4 is 38.1 Å². The van der Waals surface area contributed by atoms with Crippen molar-refractivity contribution in [1.82, 2.24) is 0 Å². The van der Waals surface area contributed by atoms with Crippen LogP contribution in [0.5, 0.6) is 0 Å². The van der Waals surface area contributed by atoms with Crippen LogP contribution in [0.15, 0.2) is 64.9 Å². The van der Waals surface area contributed by atoms with Crippen molar-refractivity contribution in [3.63, 3.8) is 0 Å². The number of anilines is 1. The highest BCUT2D eigenvalue weighted by atomic mass is 35.5. The molecule has 1 atom stereocenters. The van der Waals surface area contributed by atoms with Crippen LogP contribution < -0.4 is 4.72 Å². The van der Waals surface area contributed by atoms with Gasteiger partial charge >= 0.3 is 0 Å². The van der Waals surface area contributed by atoms with Crippen molar-refractivity contribution < 1.29 is 13.0 Å². The van der Waals surface area contributed by atoms with Gasteiger partial charge in [0.15, 0.2) is 4.88 Å². The fourth-order valence-corrected chi connectivity index (χ4v) is 4.49. The smallest absolute Gasteiger partial charge is 0.261 e. The van der Waals surface area contributed by atoms with E-state index >= 15 is 0 Å². The van der Waals surface area contributed by atoms with Crippen LogP contribution in [-0.2, 0) is 10.0 Å². The standard InChI is InChI=1S/C17H14ClNO3S2/c1-12-4-7-14(8-5-12)24(21,22)19-16-9-6-13(18)11-15(16)17-3-2-10-23(17)20/h2-11,19H,1H3. The molecular weight excluding hydrogens is 366 g/mol. The van der Waals surface area contributed by atoms with E-state index < -0.39 is 20.8 Å². The Morgan fingerprint density at radius 1 is 1.08 bits per heavy atom. The quantitative estimate of drug-likeness (QED) is 0.659. The maximum Gasteiger partial charge on any atom is 0.261 e. The first-order chi connectivity index (χ1) is 11.4. The summed E-state index contributed by atoms with van der Waals surface area (Å²) in [7, 11) is -5.07. The molecular formula is C17H14ClNO3S2. The van der Waals surface area contributed by atoms with E-state index in [9.17, 15) is 13.0 Å². The molecule has 2 aromatic carbocycles. The third kappa shape index (κ3) is 3.47. The number of halogens is 1. The molecule has 4 nitrogen and oxygen atoms in total. The van der Waals surface area contributed by atoms with E-state index in [2.05, 4.69) is 4.72 Å². The molecule has 0 saturated carbocycles. The minimum absolute atomic E-state index is 0.161. The third-order valence-electron chi connectivity index (χ3n) is 3.49. The van der Waals surface area contributed by atoms with Gasteiger partial charge < -0.3 is 4.55 Å². The Morgan fingerprint density at radius 2 is 1.79 bits per heavy atom. The summed E-state index contributed by atoms with van der Waals surface area (Å²) in [6, 6.07) is 14.7. The van der Waals surface area contributed by atoms with Crippen LogP contribution in [0, 0.1) is 6.92 Å². The van der Waals surface area contributed by atoms with Crippen molar-refractivity contribution in [1.29, 1.82) is 0 Å². The Balaban J connectivity index is 2.04. The number of sulfonamides is 1. The summed E-state index contributed by atoms with van der Waals surface area (Å²) in [5.41, 5.74) is 1.81. The van der Waals surface area contributed by atoms with Gasteiger partial charge in [-0.1, -0.05) is 29.3 Å². The molecule has 0 radical (unpaired) electrons. The monoisotopic (exact) mass is 379 g/mol. The average Bonchev–Trinajstić information content (AvgIpc) is 2.95. The fraction of sp³-hybridized carbons (Fsp3) is 0.0588. The highest BCUT2D eigenvalue weighted by Gasteiger charge is 2.20. The molecule has 0 fully saturated rings. The first-order valence-corrected chi connectivity index (χ1v) is 10.1. The molecule has 1 unspecified atom stereocenters. The molecule has 0 bridgehead atoms. The van der Waals surface area contributed by atoms with E-state index in [-0.39, 0.29) is 4.90 Å². The fourth-order valence-electron chi connectivity index (χ4n) is 2.27. The van der Waals surface area contributed by atoms with Crippen molar-refractivity contribution in [3.8, 4) is 10.4 Å². The van der Waals surface area contributed by atoms with Crippen molar-refractivity contribution in [3.05, 3.63) is 70.6 Å². The summed E-state index contributed by atoms with van der Waals surface area (Å²) in [6.45, 7) is 1.88. The number of aryl methyl sites for hydroxylation is 1. The predicted octanol–water partition coefficient (Wildman–Crippen LogP) is 4.84. The molecule has 1 heterocycles. The van der Waals surface area contributed by atoms with Gasteiger partial charge in [0.25, 0.3) is 10.0 Å². The van der Waals surface area contributed by atoms with Crippen molar-refractivity contribution in [2.24, 2.45) is 0 Å². The maximum atomic E-state index is 12.6. The Bertz CT molecular complexity index is 979. The van der Waals surface area contributed by atoms with E-state index in [0.29, 0.717) is 21.2 Å². The minimum atomic E-state index is -3.75. The lowest BCUT2D eigenvalue weighted by Crippen LogP contribution is -2.13. The Kier molecular flexibility index (Phi) is 4.64. The Morgan fingerprint density at radius 3 is 2.42 bits per heavy atom. The molecule has 0 aliphatic rings. The number of thiophene rings is 1. The van der Waals surface area contributed by atoms with Crippen LogP contribution in [-0.4, -0.2) is 13.0 Å². The highest BCUT2D eigenvalue weighted by Crippen LogP contribution is 2.38. The van der Waals surface area contributed by atoms with E-state index in [1.54, 1.807) is 54.6 Å². The zero-order chi connectivity index (χ0) is 17.3. The van der Waals surface area contributed by atoms with Crippen molar-refractivity contribution in [2.75, 3.05) is 4.72 Å². The first kappa shape index (κ1) is 17.0. The Hall–Kier alpha value is -1.86. The summed E-state index contributed by atoms with van der Waals surface area (Å²) < 4.78 is 39.8. The summed E-state index contributed by atoms with van der Waals surface area (Å²) >= 11 is 6.02. The van der Waals surface area contributed by atoms with Gasteiger partial charge in [-0.15, -0.1) is 0 Å². The second-order valence-electron chi connectivity index (χ2n) is 5.27. The molecule has 3 aromatic rings. The molecule has 1 N–H and O–H groups in total. The zero-order valence-electron chi connectivity index (χ0n) is 12.7. The third-order valence-corrected chi connectivity index (χ3v) is 6.30. The summed E-state index contributed by atoms with van der Waals surface area (Å²) in [5.74, 6) is 0. The lowest BCUT2D eigenvalue weighted by molar-refractivity contribution is 0.598. The molecule has 124 valence electrons. The van der Waals surface area contributed by atoms with Gasteiger partial charge in [0.2, 0.25) is 0 Å². The van der Waals surface area contributed by atoms with Gasteiger partial charge in [-0.2, -0.15) is 0 Å². The van der Waals surface area contributed by atoms with Gasteiger partial charge in [0.1, 0.15) is 5.38 Å². The minimum Gasteiger partial charge on any atom is -0.590 e. The zero-order valence-corrected chi connectivity index (χ0v) is 15.1. The summed E-state index contributed by atoms with van der Waals surface area (Å²) in [5, 5.41) is 1.97. The predicted molar refractivity (Wildman–Crippen MR) is 97.5 cm³/mol. The number of hydrogen-bond acceptors (Lipinski definition) is 3. The summed E-state index contributed by atoms with van der Waals surface area (Å²) in [4.78, 5) is 0.674. The molecule has 7 heteroatoms. The van der Waals surface area contributed by atoms with Gasteiger partial charge in [0.05, 0.1) is 16.1 Å². The van der Waals surface area contributed by atoms with Gasteiger partial charge in [-0.25, -0.2) is 8.42 Å². The van der Waals surface area contributed by atoms with Crippen LogP contribution in [0.3, 0.4) is 0 Å². The van der Waals surface area contributed by atoms with Crippen molar-refractivity contribution in [2.45, 2.75) is 11.8 Å². The molecule has 0 aliphatic heterocycles. The van der Waals surface area contributed by atoms with E-state index in [4.69, 9.17) is 11.6 Å². The molecule has 0 saturated heterocycles. The lowest BCUT2D eigenvalue weighted by atomic mass is 10.1. The molecule has 24 heavy (non-hydrogen) atoms. The van der Waals surface area contributed by atoms with E-state index in [1.165, 1.54) is 5.38 Å². The second-order valence-corrected chi connectivity index (χ2v) is 8.69. The maximum absolute atomic E-state index is 12.6. The first-order valence-electron chi connectivity index (χ1n) is 7.05. The Labute approximate surface area is 148 Å². The molecule has 0 spiro atoms. The highest BCUT2D eigenvalue weighted by molar-refractivity contribution is 7.92. The van der Waals surface area contributed by atoms with Gasteiger partial charge in [0, 0.05) is 11.1 Å². The van der Waals surface area contributed by atoms with Crippen LogP contribution in [0.2, 0.25) is 5.02 Å². The molecule has 1 aromatic heterocycles. The average molecular weight is 380 g/mol. The number of hydrogen-bond donors (Lipinski definition) is 1. The van der Waals surface area contributed by atoms with Gasteiger partial charge in [-0.3, -0.25) is 4.72 Å². The molecule has 0 amide bonds. The molecule has 3 rings (SSSR count). The number of benzene rings is 2. The number of rotatable bonds is 4. The molecule has 0 aliphatic carbocycles. The van der Waals surface area contributed by atoms with E-state index in [0.717, 1.165) is 5.56 Å². The van der Waals surface area contributed by atoms with E-state index in [1.807, 2.05) is 6.92 Å². The topological polar surface area (TPSA) is 69.2 Å². The largest absolute Gasteiger partial charge is 0.590 e. The number of nitrogens with one attached hydrogen (secondary N) is 1. The normalized spacial score (nSPS) is 12.2. The van der Waals surface area contributed by atoms with Crippen LogP contribution in [0.25, 0.3) is 10.4 Å². The van der Waals surface area contributed by atoms with Crippen LogP contribution in [0.4, 0.5) is 5.69 Å². The SMILES string of the molecule is Cc1ccc(S(=O)(=O)Nc2ccc(Cl)cc2-c2ccc[s+]2[O-])cc1. The summed E-state index contributed by atoms with van der Waals surface area (Å²) in [6.07, 6.45) is 0. The lowest BCUT2D eigenvalue weighted by Gasteiger charge is -2.12.